The third-order valence-corrected chi connectivity index (χ3v) is 3.73. The van der Waals surface area contributed by atoms with Crippen LogP contribution in [0.2, 0.25) is 0 Å². The van der Waals surface area contributed by atoms with E-state index in [4.69, 9.17) is 0 Å². The Morgan fingerprint density at radius 1 is 1.19 bits per heavy atom. The van der Waals surface area contributed by atoms with Crippen LogP contribution in [0, 0.1) is 0 Å². The van der Waals surface area contributed by atoms with E-state index in [0.29, 0.717) is 5.56 Å². The maximum atomic E-state index is 12.4. The van der Waals surface area contributed by atoms with Crippen LogP contribution in [0.4, 0.5) is 5.69 Å². The van der Waals surface area contributed by atoms with Gasteiger partial charge in [0.1, 0.15) is 0 Å². The molecule has 0 bridgehead atoms. The Morgan fingerprint density at radius 2 is 1.95 bits per heavy atom. The Bertz CT molecular complexity index is 628. The summed E-state index contributed by atoms with van der Waals surface area (Å²) in [5.74, 6) is -0.0703. The molecule has 0 saturated carbocycles. The molecule has 0 aliphatic carbocycles. The lowest BCUT2D eigenvalue weighted by Crippen LogP contribution is -2.27. The highest BCUT2D eigenvalue weighted by atomic mass is 79.9. The first-order valence-corrected chi connectivity index (χ1v) is 7.80. The maximum absolute atomic E-state index is 12.4. The van der Waals surface area contributed by atoms with E-state index in [9.17, 15) is 4.79 Å². The summed E-state index contributed by atoms with van der Waals surface area (Å²) in [6, 6.07) is 15.5. The molecular weight excluding hydrogens is 328 g/mol. The summed E-state index contributed by atoms with van der Waals surface area (Å²) in [5.41, 5.74) is 2.60. The number of amides is 1. The molecule has 1 amide bonds. The summed E-state index contributed by atoms with van der Waals surface area (Å²) in [4.78, 5) is 12.4. The van der Waals surface area contributed by atoms with Gasteiger partial charge >= 0.3 is 0 Å². The summed E-state index contributed by atoms with van der Waals surface area (Å²) in [6.07, 6.45) is 0. The van der Waals surface area contributed by atoms with Gasteiger partial charge in [0.15, 0.2) is 0 Å². The third kappa shape index (κ3) is 4.08. The first kappa shape index (κ1) is 15.6. The number of hydrogen-bond donors (Lipinski definition) is 2. The first-order chi connectivity index (χ1) is 10.1. The molecular formula is C17H19BrN2O. The van der Waals surface area contributed by atoms with Gasteiger partial charge in [0, 0.05) is 16.7 Å². The van der Waals surface area contributed by atoms with E-state index in [1.165, 1.54) is 0 Å². The zero-order valence-corrected chi connectivity index (χ0v) is 13.8. The lowest BCUT2D eigenvalue weighted by atomic mass is 10.1. The van der Waals surface area contributed by atoms with Gasteiger partial charge in [-0.2, -0.15) is 0 Å². The van der Waals surface area contributed by atoms with Crippen LogP contribution < -0.4 is 10.6 Å². The molecule has 0 saturated heterocycles. The minimum atomic E-state index is -0.0703. The molecule has 110 valence electrons. The van der Waals surface area contributed by atoms with Crippen LogP contribution in [0.15, 0.2) is 53.0 Å². The van der Waals surface area contributed by atoms with Gasteiger partial charge in [-0.15, -0.1) is 0 Å². The van der Waals surface area contributed by atoms with Crippen LogP contribution in [0.5, 0.6) is 0 Å². The van der Waals surface area contributed by atoms with Crippen molar-refractivity contribution in [2.24, 2.45) is 0 Å². The van der Waals surface area contributed by atoms with E-state index in [-0.39, 0.29) is 11.9 Å². The average Bonchev–Trinajstić information content (AvgIpc) is 2.48. The summed E-state index contributed by atoms with van der Waals surface area (Å²) >= 11 is 3.45. The number of hydrogen-bond acceptors (Lipinski definition) is 2. The van der Waals surface area contributed by atoms with Crippen molar-refractivity contribution in [2.75, 3.05) is 11.9 Å². The fourth-order valence-corrected chi connectivity index (χ4v) is 2.58. The number of halogens is 1. The highest BCUT2D eigenvalue weighted by molar-refractivity contribution is 9.10. The normalized spacial score (nSPS) is 11.8. The molecule has 0 heterocycles. The van der Waals surface area contributed by atoms with E-state index >= 15 is 0 Å². The topological polar surface area (TPSA) is 41.1 Å². The number of benzene rings is 2. The van der Waals surface area contributed by atoms with E-state index < -0.39 is 0 Å². The Labute approximate surface area is 133 Å². The molecule has 0 unspecified atom stereocenters. The number of carbonyl (C=O) groups excluding carboxylic acids is 1. The highest BCUT2D eigenvalue weighted by Crippen LogP contribution is 2.20. The van der Waals surface area contributed by atoms with Crippen molar-refractivity contribution in [3.05, 3.63) is 64.1 Å². The van der Waals surface area contributed by atoms with Crippen molar-refractivity contribution >= 4 is 27.5 Å². The zero-order valence-electron chi connectivity index (χ0n) is 12.2. The lowest BCUT2D eigenvalue weighted by Gasteiger charge is -2.16. The van der Waals surface area contributed by atoms with Gasteiger partial charge in [0.05, 0.1) is 11.6 Å². The van der Waals surface area contributed by atoms with Crippen molar-refractivity contribution < 1.29 is 4.79 Å². The molecule has 0 aliphatic heterocycles. The molecule has 0 spiro atoms. The van der Waals surface area contributed by atoms with Gasteiger partial charge in [0.2, 0.25) is 0 Å². The Balaban J connectivity index is 2.14. The number of carbonyl (C=O) groups is 1. The molecule has 2 N–H and O–H groups in total. The van der Waals surface area contributed by atoms with Gasteiger partial charge in [-0.3, -0.25) is 4.79 Å². The third-order valence-electron chi connectivity index (χ3n) is 3.24. The Hall–Kier alpha value is -1.81. The zero-order chi connectivity index (χ0) is 15.2. The fraction of sp³-hybridized carbons (Fsp3) is 0.235. The second-order valence-electron chi connectivity index (χ2n) is 4.83. The van der Waals surface area contributed by atoms with E-state index in [0.717, 1.165) is 22.3 Å². The predicted molar refractivity (Wildman–Crippen MR) is 90.6 cm³/mol. The number of nitrogens with one attached hydrogen (secondary N) is 2. The minimum absolute atomic E-state index is 0.0512. The van der Waals surface area contributed by atoms with Crippen LogP contribution in [-0.4, -0.2) is 12.5 Å². The molecule has 0 radical (unpaired) electrons. The molecule has 21 heavy (non-hydrogen) atoms. The smallest absolute Gasteiger partial charge is 0.253 e. The molecule has 2 aromatic carbocycles. The summed E-state index contributed by atoms with van der Waals surface area (Å²) in [5, 5.41) is 6.25. The maximum Gasteiger partial charge on any atom is 0.253 e. The fourth-order valence-electron chi connectivity index (χ4n) is 2.16. The second-order valence-corrected chi connectivity index (χ2v) is 5.74. The summed E-state index contributed by atoms with van der Waals surface area (Å²) in [6.45, 7) is 4.78. The molecule has 2 rings (SSSR count). The lowest BCUT2D eigenvalue weighted by molar-refractivity contribution is 0.0940. The molecule has 1 atom stereocenters. The first-order valence-electron chi connectivity index (χ1n) is 7.01. The van der Waals surface area contributed by atoms with E-state index in [2.05, 4.69) is 26.6 Å². The van der Waals surface area contributed by atoms with Gasteiger partial charge in [-0.25, -0.2) is 0 Å². The van der Waals surface area contributed by atoms with Crippen molar-refractivity contribution in [1.29, 1.82) is 0 Å². The molecule has 4 heteroatoms. The Morgan fingerprint density at radius 3 is 2.67 bits per heavy atom. The number of para-hydroxylation sites is 1. The SMILES string of the molecule is CCNc1ccccc1C(=O)N[C@H](C)c1cccc(Br)c1. The van der Waals surface area contributed by atoms with Crippen LogP contribution in [0.1, 0.15) is 35.8 Å². The van der Waals surface area contributed by atoms with Crippen molar-refractivity contribution in [1.82, 2.24) is 5.32 Å². The monoisotopic (exact) mass is 346 g/mol. The molecule has 0 aliphatic rings. The molecule has 0 fully saturated rings. The van der Waals surface area contributed by atoms with Crippen molar-refractivity contribution in [3.8, 4) is 0 Å². The minimum Gasteiger partial charge on any atom is -0.385 e. The molecule has 3 nitrogen and oxygen atoms in total. The number of rotatable bonds is 5. The average molecular weight is 347 g/mol. The van der Waals surface area contributed by atoms with E-state index in [1.54, 1.807) is 0 Å². The van der Waals surface area contributed by atoms with Gasteiger partial charge in [-0.05, 0) is 43.7 Å². The van der Waals surface area contributed by atoms with Crippen LogP contribution in [0.25, 0.3) is 0 Å². The predicted octanol–water partition coefficient (Wildman–Crippen LogP) is 4.37. The standard InChI is InChI=1S/C17H19BrN2O/c1-3-19-16-10-5-4-9-15(16)17(21)20-12(2)13-7-6-8-14(18)11-13/h4-12,19H,3H2,1-2H3,(H,20,21)/t12-/m1/s1. The van der Waals surface area contributed by atoms with Crippen LogP contribution >= 0.6 is 15.9 Å². The largest absolute Gasteiger partial charge is 0.385 e. The van der Waals surface area contributed by atoms with Crippen LogP contribution in [0.3, 0.4) is 0 Å². The quantitative estimate of drug-likeness (QED) is 0.843. The Kier molecular flexibility index (Phi) is 5.39. The highest BCUT2D eigenvalue weighted by Gasteiger charge is 2.14. The van der Waals surface area contributed by atoms with Gasteiger partial charge in [-0.1, -0.05) is 40.2 Å². The summed E-state index contributed by atoms with van der Waals surface area (Å²) < 4.78 is 1.01. The van der Waals surface area contributed by atoms with Gasteiger partial charge in [0.25, 0.3) is 5.91 Å². The summed E-state index contributed by atoms with van der Waals surface area (Å²) in [7, 11) is 0. The molecule has 0 aromatic heterocycles. The van der Waals surface area contributed by atoms with Gasteiger partial charge < -0.3 is 10.6 Å². The second kappa shape index (κ2) is 7.27. The molecule has 2 aromatic rings. The van der Waals surface area contributed by atoms with Crippen molar-refractivity contribution in [3.63, 3.8) is 0 Å². The van der Waals surface area contributed by atoms with Crippen LogP contribution in [-0.2, 0) is 0 Å². The number of anilines is 1. The van der Waals surface area contributed by atoms with Crippen molar-refractivity contribution in [2.45, 2.75) is 19.9 Å². The van der Waals surface area contributed by atoms with E-state index in [1.807, 2.05) is 62.4 Å².